The van der Waals surface area contributed by atoms with Crippen LogP contribution in [0.2, 0.25) is 5.02 Å². The van der Waals surface area contributed by atoms with Crippen LogP contribution in [0.3, 0.4) is 0 Å². The number of carbonyl (C=O) groups excluding carboxylic acids is 1. The monoisotopic (exact) mass is 530 g/mol. The first-order valence-corrected chi connectivity index (χ1v) is 14.7. The molecule has 0 radical (unpaired) electrons. The van der Waals surface area contributed by atoms with Crippen molar-refractivity contribution in [2.75, 3.05) is 13.1 Å². The third-order valence-corrected chi connectivity index (χ3v) is 9.53. The van der Waals surface area contributed by atoms with Gasteiger partial charge in [-0.15, -0.1) is 0 Å². The van der Waals surface area contributed by atoms with Gasteiger partial charge in [-0.05, 0) is 98.4 Å². The van der Waals surface area contributed by atoms with Gasteiger partial charge >= 0.3 is 0 Å². The Labute approximate surface area is 231 Å². The van der Waals surface area contributed by atoms with Crippen LogP contribution in [0.4, 0.5) is 0 Å². The average Bonchev–Trinajstić information content (AvgIpc) is 3.25. The van der Waals surface area contributed by atoms with Crippen molar-refractivity contribution in [2.45, 2.75) is 64.8 Å². The zero-order valence-electron chi connectivity index (χ0n) is 22.7. The van der Waals surface area contributed by atoms with E-state index < -0.39 is 0 Å². The van der Waals surface area contributed by atoms with Gasteiger partial charge < -0.3 is 10.6 Å². The molecule has 4 aliphatic rings. The molecule has 1 aromatic heterocycles. The number of aromatic nitrogens is 2. The van der Waals surface area contributed by atoms with Gasteiger partial charge in [0.05, 0.1) is 11.4 Å². The number of benzene rings is 2. The highest BCUT2D eigenvalue weighted by atomic mass is 35.5. The molecule has 4 aliphatic carbocycles. The summed E-state index contributed by atoms with van der Waals surface area (Å²) in [4.78, 5) is 13.4. The summed E-state index contributed by atoms with van der Waals surface area (Å²) in [6, 6.07) is 16.8. The number of nitrogens with one attached hydrogen (secondary N) is 2. The quantitative estimate of drug-likeness (QED) is 0.316. The van der Waals surface area contributed by atoms with Crippen LogP contribution in [0.1, 0.15) is 73.5 Å². The fourth-order valence-corrected chi connectivity index (χ4v) is 7.73. The van der Waals surface area contributed by atoms with Crippen molar-refractivity contribution in [3.63, 3.8) is 0 Å². The molecule has 4 saturated carbocycles. The van der Waals surface area contributed by atoms with Crippen LogP contribution in [0.15, 0.2) is 48.5 Å². The molecular weight excluding hydrogens is 492 g/mol. The third kappa shape index (κ3) is 4.91. The summed E-state index contributed by atoms with van der Waals surface area (Å²) in [5.41, 5.74) is 5.44. The summed E-state index contributed by atoms with van der Waals surface area (Å²) in [5, 5.41) is 12.5. The maximum absolute atomic E-state index is 13.4. The number of hydrogen-bond acceptors (Lipinski definition) is 3. The molecular formula is C32H39ClN4O. The highest BCUT2D eigenvalue weighted by Gasteiger charge is 2.47. The first-order valence-electron chi connectivity index (χ1n) is 14.3. The number of halogens is 1. The summed E-state index contributed by atoms with van der Waals surface area (Å²) in [7, 11) is 0. The molecule has 6 heteroatoms. The van der Waals surface area contributed by atoms with Crippen LogP contribution in [-0.4, -0.2) is 34.8 Å². The van der Waals surface area contributed by atoms with Crippen LogP contribution in [0, 0.1) is 30.6 Å². The molecule has 3 aromatic rings. The largest absolute Gasteiger partial charge is 0.349 e. The second kappa shape index (κ2) is 10.5. The first-order chi connectivity index (χ1) is 18.4. The Morgan fingerprint density at radius 3 is 2.18 bits per heavy atom. The van der Waals surface area contributed by atoms with Crippen molar-refractivity contribution in [1.82, 2.24) is 20.4 Å². The second-order valence-electron chi connectivity index (χ2n) is 12.2. The minimum Gasteiger partial charge on any atom is -0.349 e. The zero-order valence-corrected chi connectivity index (χ0v) is 23.5. The Hall–Kier alpha value is -2.63. The third-order valence-electron chi connectivity index (χ3n) is 9.28. The van der Waals surface area contributed by atoms with Gasteiger partial charge in [-0.3, -0.25) is 4.79 Å². The first kappa shape index (κ1) is 25.6. The van der Waals surface area contributed by atoms with Crippen molar-refractivity contribution in [1.29, 1.82) is 0 Å². The van der Waals surface area contributed by atoms with Gasteiger partial charge in [-0.2, -0.15) is 5.10 Å². The van der Waals surface area contributed by atoms with E-state index in [-0.39, 0.29) is 5.91 Å². The maximum atomic E-state index is 13.4. The van der Waals surface area contributed by atoms with E-state index in [1.54, 1.807) is 0 Å². The van der Waals surface area contributed by atoms with Crippen molar-refractivity contribution in [3.8, 4) is 16.9 Å². The summed E-state index contributed by atoms with van der Waals surface area (Å²) in [6.07, 6.45) is 7.08. The number of carbonyl (C=O) groups is 1. The van der Waals surface area contributed by atoms with Crippen molar-refractivity contribution >= 4 is 17.5 Å². The minimum absolute atomic E-state index is 0.123. The summed E-state index contributed by atoms with van der Waals surface area (Å²) in [5.74, 6) is 3.96. The lowest BCUT2D eigenvalue weighted by Gasteiger charge is -2.54. The average molecular weight is 531 g/mol. The Balaban J connectivity index is 1.18. The van der Waals surface area contributed by atoms with E-state index in [0.29, 0.717) is 29.2 Å². The molecule has 38 heavy (non-hydrogen) atoms. The molecule has 7 rings (SSSR count). The van der Waals surface area contributed by atoms with E-state index in [0.717, 1.165) is 52.7 Å². The van der Waals surface area contributed by atoms with E-state index in [9.17, 15) is 4.79 Å². The smallest absolute Gasteiger partial charge is 0.272 e. The predicted molar refractivity (Wildman–Crippen MR) is 154 cm³/mol. The minimum atomic E-state index is -0.123. The van der Waals surface area contributed by atoms with Crippen LogP contribution >= 0.6 is 11.6 Å². The summed E-state index contributed by atoms with van der Waals surface area (Å²) < 4.78 is 1.89. The normalized spacial score (nSPS) is 25.8. The molecule has 1 amide bonds. The SMILES string of the molecule is Cc1c(C(=O)NCCNC2[C@H]3C[C@@H]4C[C@@H](C[C@H]2C4)C3)nn(-c2ccc(C(C)C)cc2)c1-c1ccc(Cl)cc1. The molecule has 0 atom stereocenters. The molecule has 0 saturated heterocycles. The van der Waals surface area contributed by atoms with Gasteiger partial charge in [0, 0.05) is 35.3 Å². The lowest BCUT2D eigenvalue weighted by molar-refractivity contribution is -0.0133. The highest BCUT2D eigenvalue weighted by Crippen LogP contribution is 2.53. The topological polar surface area (TPSA) is 59.0 Å². The molecule has 1 heterocycles. The molecule has 4 bridgehead atoms. The summed E-state index contributed by atoms with van der Waals surface area (Å²) >= 11 is 6.17. The van der Waals surface area contributed by atoms with Crippen LogP contribution in [-0.2, 0) is 0 Å². The second-order valence-corrected chi connectivity index (χ2v) is 12.6. The standard InChI is InChI=1S/C32H39ClN4O/c1-19(2)23-6-10-28(11-7-23)37-31(24-4-8-27(33)9-5-24)20(3)29(36-37)32(38)35-13-12-34-30-25-15-21-14-22(17-25)18-26(30)16-21/h4-11,19,21-22,25-26,30,34H,12-18H2,1-3H3,(H,35,38)/t21-,22+,25-,26+,30?. The van der Waals surface area contributed by atoms with Crippen LogP contribution in [0.5, 0.6) is 0 Å². The Kier molecular flexibility index (Phi) is 7.09. The molecule has 2 aromatic carbocycles. The van der Waals surface area contributed by atoms with E-state index in [4.69, 9.17) is 16.7 Å². The van der Waals surface area contributed by atoms with Gasteiger partial charge in [0.25, 0.3) is 5.91 Å². The Morgan fingerprint density at radius 2 is 1.58 bits per heavy atom. The van der Waals surface area contributed by atoms with E-state index in [2.05, 4.69) is 48.7 Å². The Bertz CT molecular complexity index is 1270. The number of amides is 1. The molecule has 0 spiro atoms. The van der Waals surface area contributed by atoms with Crippen molar-refractivity contribution < 1.29 is 4.79 Å². The molecule has 0 unspecified atom stereocenters. The van der Waals surface area contributed by atoms with Crippen LogP contribution < -0.4 is 10.6 Å². The molecule has 4 fully saturated rings. The fraction of sp³-hybridized carbons (Fsp3) is 0.500. The molecule has 2 N–H and O–H groups in total. The molecule has 200 valence electrons. The van der Waals surface area contributed by atoms with Crippen molar-refractivity contribution in [3.05, 3.63) is 70.4 Å². The number of hydrogen-bond donors (Lipinski definition) is 2. The number of rotatable bonds is 8. The van der Waals surface area contributed by atoms with E-state index in [1.807, 2.05) is 35.9 Å². The van der Waals surface area contributed by atoms with Crippen molar-refractivity contribution in [2.24, 2.45) is 23.7 Å². The van der Waals surface area contributed by atoms with Crippen LogP contribution in [0.25, 0.3) is 16.9 Å². The van der Waals surface area contributed by atoms with Gasteiger partial charge in [0.2, 0.25) is 0 Å². The maximum Gasteiger partial charge on any atom is 0.272 e. The van der Waals surface area contributed by atoms with Gasteiger partial charge in [0.15, 0.2) is 5.69 Å². The van der Waals surface area contributed by atoms with E-state index >= 15 is 0 Å². The van der Waals surface area contributed by atoms with E-state index in [1.165, 1.54) is 37.7 Å². The lowest BCUT2D eigenvalue weighted by atomic mass is 9.54. The number of nitrogens with zero attached hydrogens (tertiary/aromatic N) is 2. The summed E-state index contributed by atoms with van der Waals surface area (Å²) in [6.45, 7) is 7.77. The highest BCUT2D eigenvalue weighted by molar-refractivity contribution is 6.30. The predicted octanol–water partition coefficient (Wildman–Crippen LogP) is 6.77. The van der Waals surface area contributed by atoms with Gasteiger partial charge in [-0.25, -0.2) is 4.68 Å². The molecule has 5 nitrogen and oxygen atoms in total. The van der Waals surface area contributed by atoms with Gasteiger partial charge in [-0.1, -0.05) is 49.7 Å². The fourth-order valence-electron chi connectivity index (χ4n) is 7.60. The lowest BCUT2D eigenvalue weighted by Crippen LogP contribution is -2.55. The van der Waals surface area contributed by atoms with Gasteiger partial charge in [0.1, 0.15) is 0 Å². The zero-order chi connectivity index (χ0) is 26.4. The Morgan fingerprint density at radius 1 is 0.947 bits per heavy atom. The molecule has 0 aliphatic heterocycles.